The molecule has 0 spiro atoms. The van der Waals surface area contributed by atoms with Crippen LogP contribution in [0.25, 0.3) is 32.3 Å². The van der Waals surface area contributed by atoms with Gasteiger partial charge < -0.3 is 0 Å². The molecular formula is C19H14O2. The maximum Gasteiger partial charge on any atom is 0.234 e. The Kier molecular flexibility index (Phi) is 2.22. The van der Waals surface area contributed by atoms with Gasteiger partial charge >= 0.3 is 0 Å². The molecule has 0 bridgehead atoms. The Labute approximate surface area is 121 Å². The van der Waals surface area contributed by atoms with E-state index in [1.807, 2.05) is 19.1 Å². The van der Waals surface area contributed by atoms with E-state index in [-0.39, 0.29) is 10.9 Å². The zero-order valence-electron chi connectivity index (χ0n) is 12.2. The van der Waals surface area contributed by atoms with Gasteiger partial charge in [-0.15, -0.1) is 0 Å². The maximum absolute atomic E-state index is 11.9. The van der Waals surface area contributed by atoms with Crippen LogP contribution < -0.4 is 10.9 Å². The molecule has 21 heavy (non-hydrogen) atoms. The van der Waals surface area contributed by atoms with Crippen molar-refractivity contribution in [1.29, 1.82) is 0 Å². The van der Waals surface area contributed by atoms with E-state index < -0.39 is 0 Å². The van der Waals surface area contributed by atoms with Gasteiger partial charge in [-0.05, 0) is 53.4 Å². The molecule has 0 aliphatic heterocycles. The highest BCUT2D eigenvalue weighted by molar-refractivity contribution is 6.19. The molecular weight excluding hydrogens is 260 g/mol. The first-order valence-corrected chi connectivity index (χ1v) is 7.05. The van der Waals surface area contributed by atoms with Gasteiger partial charge in [0.05, 0.1) is 0 Å². The summed E-state index contributed by atoms with van der Waals surface area (Å²) in [6.07, 6.45) is 0. The van der Waals surface area contributed by atoms with Gasteiger partial charge in [-0.25, -0.2) is 0 Å². The monoisotopic (exact) mass is 274 g/mol. The van der Waals surface area contributed by atoms with Crippen molar-refractivity contribution in [3.63, 3.8) is 0 Å². The molecule has 0 aromatic heterocycles. The molecule has 0 radical (unpaired) electrons. The molecule has 0 aliphatic rings. The summed E-state index contributed by atoms with van der Waals surface area (Å²) in [5.74, 6) is 0. The minimum Gasteiger partial charge on any atom is -0.285 e. The van der Waals surface area contributed by atoms with Gasteiger partial charge in [0, 0.05) is 10.8 Å². The van der Waals surface area contributed by atoms with E-state index in [0.29, 0.717) is 10.8 Å². The second kappa shape index (κ2) is 3.79. The Bertz CT molecular complexity index is 1140. The van der Waals surface area contributed by atoms with Crippen LogP contribution in [0.2, 0.25) is 0 Å². The summed E-state index contributed by atoms with van der Waals surface area (Å²) in [4.78, 5) is 23.7. The van der Waals surface area contributed by atoms with Crippen molar-refractivity contribution in [2.75, 3.05) is 0 Å². The molecule has 2 nitrogen and oxygen atoms in total. The average molecular weight is 274 g/mol. The molecule has 4 aromatic carbocycles. The molecule has 0 fully saturated rings. The van der Waals surface area contributed by atoms with E-state index in [9.17, 15) is 9.59 Å². The third kappa shape index (κ3) is 1.42. The summed E-state index contributed by atoms with van der Waals surface area (Å²) in [5.41, 5.74) is 2.64. The number of rotatable bonds is 0. The number of fused-ring (bicyclic) bond motifs is 5. The molecule has 4 aromatic rings. The van der Waals surface area contributed by atoms with Crippen molar-refractivity contribution in [3.05, 3.63) is 67.5 Å². The van der Waals surface area contributed by atoms with Crippen molar-refractivity contribution < 1.29 is 0 Å². The van der Waals surface area contributed by atoms with Gasteiger partial charge in [0.1, 0.15) is 0 Å². The van der Waals surface area contributed by atoms with Crippen LogP contribution in [0.1, 0.15) is 16.7 Å². The minimum absolute atomic E-state index is 0.343. The van der Waals surface area contributed by atoms with Crippen molar-refractivity contribution >= 4 is 32.3 Å². The Hall–Kier alpha value is -2.48. The first-order chi connectivity index (χ1) is 9.99. The van der Waals surface area contributed by atoms with E-state index in [1.54, 1.807) is 0 Å². The molecule has 0 aliphatic carbocycles. The van der Waals surface area contributed by atoms with Crippen molar-refractivity contribution in [2.45, 2.75) is 20.8 Å². The third-order valence-corrected chi connectivity index (χ3v) is 4.46. The lowest BCUT2D eigenvalue weighted by Gasteiger charge is -2.12. The van der Waals surface area contributed by atoms with Gasteiger partial charge in [0.25, 0.3) is 0 Å². The van der Waals surface area contributed by atoms with Crippen LogP contribution in [-0.4, -0.2) is 0 Å². The van der Waals surface area contributed by atoms with Crippen LogP contribution in [0.3, 0.4) is 0 Å². The van der Waals surface area contributed by atoms with Crippen LogP contribution in [0.4, 0.5) is 0 Å². The molecule has 4 rings (SSSR count). The van der Waals surface area contributed by atoms with Crippen molar-refractivity contribution in [2.24, 2.45) is 0 Å². The fourth-order valence-corrected chi connectivity index (χ4v) is 3.51. The summed E-state index contributed by atoms with van der Waals surface area (Å²) in [6, 6.07) is 10.4. The molecule has 0 atom stereocenters. The van der Waals surface area contributed by atoms with Crippen molar-refractivity contribution in [1.82, 2.24) is 0 Å². The van der Waals surface area contributed by atoms with Crippen LogP contribution >= 0.6 is 0 Å². The Balaban J connectivity index is 2.35. The van der Waals surface area contributed by atoms with Gasteiger partial charge in [0.15, 0.2) is 0 Å². The SMILES string of the molecule is Cc1cc(C)c2ccc3c(cc(C)c4c(=O)c(=O)c43)c2c1. The van der Waals surface area contributed by atoms with Crippen LogP contribution in [0.5, 0.6) is 0 Å². The lowest BCUT2D eigenvalue weighted by atomic mass is 9.90. The van der Waals surface area contributed by atoms with Crippen LogP contribution in [-0.2, 0) is 0 Å². The van der Waals surface area contributed by atoms with Gasteiger partial charge in [-0.3, -0.25) is 9.59 Å². The van der Waals surface area contributed by atoms with Gasteiger partial charge in [0.2, 0.25) is 10.9 Å². The first-order valence-electron chi connectivity index (χ1n) is 7.05. The van der Waals surface area contributed by atoms with E-state index >= 15 is 0 Å². The average Bonchev–Trinajstić information content (AvgIpc) is 2.44. The third-order valence-electron chi connectivity index (χ3n) is 4.46. The zero-order chi connectivity index (χ0) is 14.9. The Morgan fingerprint density at radius 2 is 1.24 bits per heavy atom. The number of benzene rings is 3. The highest BCUT2D eigenvalue weighted by Gasteiger charge is 2.19. The molecule has 0 saturated carbocycles. The van der Waals surface area contributed by atoms with E-state index in [1.165, 1.54) is 16.5 Å². The zero-order valence-corrected chi connectivity index (χ0v) is 12.2. The predicted molar refractivity (Wildman–Crippen MR) is 88.1 cm³/mol. The van der Waals surface area contributed by atoms with E-state index in [2.05, 4.69) is 32.0 Å². The largest absolute Gasteiger partial charge is 0.285 e. The topological polar surface area (TPSA) is 34.1 Å². The molecule has 102 valence electrons. The Morgan fingerprint density at radius 1 is 0.619 bits per heavy atom. The quantitative estimate of drug-likeness (QED) is 0.362. The van der Waals surface area contributed by atoms with E-state index in [0.717, 1.165) is 21.7 Å². The number of hydrogen-bond acceptors (Lipinski definition) is 2. The Morgan fingerprint density at radius 3 is 2.00 bits per heavy atom. The van der Waals surface area contributed by atoms with E-state index in [4.69, 9.17) is 0 Å². The highest BCUT2D eigenvalue weighted by Crippen LogP contribution is 2.33. The maximum atomic E-state index is 11.9. The summed E-state index contributed by atoms with van der Waals surface area (Å²) in [5, 5.41) is 5.54. The number of hydrogen-bond donors (Lipinski definition) is 0. The molecule has 0 unspecified atom stereocenters. The molecule has 2 heteroatoms. The predicted octanol–water partition coefficient (Wildman–Crippen LogP) is 3.67. The molecule has 0 saturated heterocycles. The second-order valence-electron chi connectivity index (χ2n) is 5.94. The number of aryl methyl sites for hydroxylation is 3. The lowest BCUT2D eigenvalue weighted by molar-refractivity contribution is 1.43. The second-order valence-corrected chi connectivity index (χ2v) is 5.94. The smallest absolute Gasteiger partial charge is 0.234 e. The van der Waals surface area contributed by atoms with Crippen molar-refractivity contribution in [3.8, 4) is 0 Å². The summed E-state index contributed by atoms with van der Waals surface area (Å²) in [6.45, 7) is 6.09. The first kappa shape index (κ1) is 12.3. The minimum atomic E-state index is -0.345. The highest BCUT2D eigenvalue weighted by atomic mass is 16.2. The molecule has 0 amide bonds. The standard InChI is InChI=1S/C19H14O2/c1-9-6-10(2)12-4-5-13-15(14(12)7-9)8-11(3)16-17(13)19(21)18(16)20/h4-8H,1-3H3. The van der Waals surface area contributed by atoms with Gasteiger partial charge in [-0.2, -0.15) is 0 Å². The summed E-state index contributed by atoms with van der Waals surface area (Å²) in [7, 11) is 0. The fraction of sp³-hybridized carbons (Fsp3) is 0.158. The summed E-state index contributed by atoms with van der Waals surface area (Å²) >= 11 is 0. The molecule has 0 heterocycles. The van der Waals surface area contributed by atoms with Gasteiger partial charge in [-0.1, -0.05) is 35.9 Å². The lowest BCUT2D eigenvalue weighted by Crippen LogP contribution is -2.31. The summed E-state index contributed by atoms with van der Waals surface area (Å²) < 4.78 is 0. The van der Waals surface area contributed by atoms with Crippen LogP contribution in [0.15, 0.2) is 39.9 Å². The normalized spacial score (nSPS) is 12.0. The fourth-order valence-electron chi connectivity index (χ4n) is 3.51. The molecule has 0 N–H and O–H groups in total. The van der Waals surface area contributed by atoms with Crippen LogP contribution in [0, 0.1) is 20.8 Å².